The molecule has 3 heterocycles. The van der Waals surface area contributed by atoms with E-state index >= 15 is 0 Å². The van der Waals surface area contributed by atoms with E-state index in [9.17, 15) is 9.18 Å². The van der Waals surface area contributed by atoms with Crippen LogP contribution in [0.2, 0.25) is 0 Å². The Labute approximate surface area is 186 Å². The molecule has 7 nitrogen and oxygen atoms in total. The lowest BCUT2D eigenvalue weighted by atomic mass is 9.99. The Hall–Kier alpha value is -3.39. The molecule has 0 bridgehead atoms. The number of carbonyl (C=O) groups is 1. The van der Waals surface area contributed by atoms with Crippen molar-refractivity contribution < 1.29 is 9.18 Å². The van der Waals surface area contributed by atoms with Gasteiger partial charge in [0, 0.05) is 31.8 Å². The van der Waals surface area contributed by atoms with Crippen molar-refractivity contribution in [3.05, 3.63) is 83.9 Å². The summed E-state index contributed by atoms with van der Waals surface area (Å²) in [4.78, 5) is 14.4. The summed E-state index contributed by atoms with van der Waals surface area (Å²) in [5.41, 5.74) is 9.00. The summed E-state index contributed by atoms with van der Waals surface area (Å²) in [5, 5.41) is 9.60. The van der Waals surface area contributed by atoms with Gasteiger partial charge in [0.05, 0.1) is 12.1 Å². The van der Waals surface area contributed by atoms with Gasteiger partial charge in [0.15, 0.2) is 0 Å². The highest BCUT2D eigenvalue weighted by atomic mass is 19.1. The van der Waals surface area contributed by atoms with Gasteiger partial charge in [0.25, 0.3) is 0 Å². The first-order valence-electron chi connectivity index (χ1n) is 11.1. The fourth-order valence-corrected chi connectivity index (χ4v) is 4.53. The second kappa shape index (κ2) is 9.00. The zero-order valence-electron chi connectivity index (χ0n) is 17.7. The van der Waals surface area contributed by atoms with Crippen LogP contribution in [0.5, 0.6) is 0 Å². The summed E-state index contributed by atoms with van der Waals surface area (Å²) in [6.45, 7) is 0.632. The molecule has 0 aliphatic carbocycles. The molecule has 0 aromatic heterocycles. The molecule has 32 heavy (non-hydrogen) atoms. The van der Waals surface area contributed by atoms with E-state index in [0.29, 0.717) is 19.4 Å². The highest BCUT2D eigenvalue weighted by molar-refractivity contribution is 5.89. The summed E-state index contributed by atoms with van der Waals surface area (Å²) in [7, 11) is 0. The van der Waals surface area contributed by atoms with Gasteiger partial charge in [-0.05, 0) is 36.1 Å². The highest BCUT2D eigenvalue weighted by Crippen LogP contribution is 2.34. The Morgan fingerprint density at radius 3 is 2.72 bits per heavy atom. The molecule has 1 amide bonds. The third-order valence-electron chi connectivity index (χ3n) is 6.24. The van der Waals surface area contributed by atoms with E-state index in [0.717, 1.165) is 24.2 Å². The molecule has 1 saturated heterocycles. The molecule has 0 spiro atoms. The highest BCUT2D eigenvalue weighted by Gasteiger charge is 2.44. The summed E-state index contributed by atoms with van der Waals surface area (Å²) < 4.78 is 13.3. The lowest BCUT2D eigenvalue weighted by Gasteiger charge is -2.37. The van der Waals surface area contributed by atoms with Crippen LogP contribution >= 0.6 is 0 Å². The van der Waals surface area contributed by atoms with Crippen LogP contribution in [0.25, 0.3) is 0 Å². The number of fused-ring (bicyclic) bond motifs is 3. The van der Waals surface area contributed by atoms with Crippen molar-refractivity contribution >= 4 is 11.7 Å². The molecule has 8 heteroatoms. The maximum atomic E-state index is 13.3. The molecule has 5 rings (SSSR count). The minimum absolute atomic E-state index is 0.00842. The Balaban J connectivity index is 1.11. The maximum absolute atomic E-state index is 13.3. The first kappa shape index (κ1) is 20.5. The van der Waals surface area contributed by atoms with Crippen molar-refractivity contribution in [1.82, 2.24) is 26.1 Å². The lowest BCUT2D eigenvalue weighted by Crippen LogP contribution is -2.54. The number of rotatable bonds is 7. The molecule has 0 radical (unpaired) electrons. The van der Waals surface area contributed by atoms with Crippen LogP contribution in [0.1, 0.15) is 36.4 Å². The van der Waals surface area contributed by atoms with Gasteiger partial charge in [-0.15, -0.1) is 0 Å². The van der Waals surface area contributed by atoms with E-state index in [-0.39, 0.29) is 30.0 Å². The number of hydrazone groups is 1. The van der Waals surface area contributed by atoms with Crippen LogP contribution in [0.3, 0.4) is 0 Å². The van der Waals surface area contributed by atoms with Crippen molar-refractivity contribution in [3.63, 3.8) is 0 Å². The van der Waals surface area contributed by atoms with E-state index in [1.54, 1.807) is 0 Å². The van der Waals surface area contributed by atoms with E-state index in [2.05, 4.69) is 43.3 Å². The van der Waals surface area contributed by atoms with Crippen molar-refractivity contribution in [2.24, 2.45) is 5.10 Å². The number of nitrogens with zero attached hydrogens (tertiary/aromatic N) is 3. The Bertz CT molecular complexity index is 1010. The van der Waals surface area contributed by atoms with Gasteiger partial charge >= 0.3 is 0 Å². The third-order valence-corrected chi connectivity index (χ3v) is 6.24. The Kier molecular flexibility index (Phi) is 5.77. The summed E-state index contributed by atoms with van der Waals surface area (Å²) in [6, 6.07) is 17.1. The number of hydrazine groups is 1. The molecule has 166 valence electrons. The standard InChI is InChI=1S/C24H27FN6O/c25-19-8-6-18(7-9-19)20-16-21-24-28-27-22(30(24)14-15-31(21)29-20)10-11-23(32)26-13-12-17-4-2-1-3-5-17/h1-9,14-15,20-21,24,28-29H,10-13,16H2,(H,26,32). The normalized spacial score (nSPS) is 23.4. The maximum Gasteiger partial charge on any atom is 0.220 e. The molecule has 3 unspecified atom stereocenters. The van der Waals surface area contributed by atoms with Gasteiger partial charge in [-0.1, -0.05) is 42.5 Å². The van der Waals surface area contributed by atoms with Crippen molar-refractivity contribution in [1.29, 1.82) is 0 Å². The van der Waals surface area contributed by atoms with E-state index in [1.807, 2.05) is 42.7 Å². The summed E-state index contributed by atoms with van der Waals surface area (Å²) >= 11 is 0. The Morgan fingerprint density at radius 2 is 1.91 bits per heavy atom. The second-order valence-electron chi connectivity index (χ2n) is 8.34. The number of benzene rings is 2. The van der Waals surface area contributed by atoms with Crippen LogP contribution in [0.15, 0.2) is 72.1 Å². The van der Waals surface area contributed by atoms with Gasteiger partial charge in [-0.25, -0.2) is 9.82 Å². The predicted octanol–water partition coefficient (Wildman–Crippen LogP) is 2.61. The minimum Gasteiger partial charge on any atom is -0.356 e. The number of hydrogen-bond donors (Lipinski definition) is 3. The SMILES string of the molecule is O=C(CCC1=NNC2C3CC(c4ccc(F)cc4)NN3C=CN12)NCCc1ccccc1. The topological polar surface area (TPSA) is 72.0 Å². The number of amidine groups is 1. The number of carbonyl (C=O) groups excluding carboxylic acids is 1. The summed E-state index contributed by atoms with van der Waals surface area (Å²) in [6.07, 6.45) is 6.68. The molecular formula is C24H27FN6O. The number of halogens is 1. The molecule has 2 aromatic carbocycles. The van der Waals surface area contributed by atoms with Crippen LogP contribution in [-0.2, 0) is 11.2 Å². The largest absolute Gasteiger partial charge is 0.356 e. The fraction of sp³-hybridized carbons (Fsp3) is 0.333. The van der Waals surface area contributed by atoms with E-state index < -0.39 is 0 Å². The average Bonchev–Trinajstić information content (AvgIpc) is 3.43. The van der Waals surface area contributed by atoms with Crippen LogP contribution in [-0.4, -0.2) is 40.4 Å². The fourth-order valence-electron chi connectivity index (χ4n) is 4.53. The van der Waals surface area contributed by atoms with Gasteiger partial charge in [0.1, 0.15) is 17.8 Å². The molecule has 3 atom stereocenters. The first-order valence-corrected chi connectivity index (χ1v) is 11.1. The third kappa shape index (κ3) is 4.31. The smallest absolute Gasteiger partial charge is 0.220 e. The van der Waals surface area contributed by atoms with E-state index in [4.69, 9.17) is 0 Å². The molecule has 2 aromatic rings. The lowest BCUT2D eigenvalue weighted by molar-refractivity contribution is -0.120. The van der Waals surface area contributed by atoms with Crippen molar-refractivity contribution in [2.45, 2.75) is 43.9 Å². The summed E-state index contributed by atoms with van der Waals surface area (Å²) in [5.74, 6) is 0.679. The zero-order valence-corrected chi connectivity index (χ0v) is 17.7. The van der Waals surface area contributed by atoms with Crippen LogP contribution < -0.4 is 16.2 Å². The van der Waals surface area contributed by atoms with E-state index in [1.165, 1.54) is 17.7 Å². The molecular weight excluding hydrogens is 407 g/mol. The average molecular weight is 435 g/mol. The van der Waals surface area contributed by atoms with Crippen molar-refractivity contribution in [3.8, 4) is 0 Å². The quantitative estimate of drug-likeness (QED) is 0.625. The number of hydrogen-bond acceptors (Lipinski definition) is 6. The van der Waals surface area contributed by atoms with Crippen LogP contribution in [0.4, 0.5) is 4.39 Å². The minimum atomic E-state index is -0.227. The van der Waals surface area contributed by atoms with Gasteiger partial charge in [-0.2, -0.15) is 5.10 Å². The van der Waals surface area contributed by atoms with Gasteiger partial charge in [0.2, 0.25) is 5.91 Å². The second-order valence-corrected chi connectivity index (χ2v) is 8.34. The molecule has 0 saturated carbocycles. The first-order chi connectivity index (χ1) is 15.7. The number of amides is 1. The van der Waals surface area contributed by atoms with Crippen molar-refractivity contribution in [2.75, 3.05) is 6.54 Å². The Morgan fingerprint density at radius 1 is 1.09 bits per heavy atom. The zero-order chi connectivity index (χ0) is 21.9. The van der Waals surface area contributed by atoms with Gasteiger partial charge in [-0.3, -0.25) is 10.2 Å². The molecule has 3 aliphatic rings. The molecule has 3 N–H and O–H groups in total. The molecule has 3 aliphatic heterocycles. The van der Waals surface area contributed by atoms with Gasteiger partial charge < -0.3 is 15.2 Å². The molecule has 1 fully saturated rings. The van der Waals surface area contributed by atoms with Crippen LogP contribution in [0, 0.1) is 5.82 Å². The number of nitrogens with one attached hydrogen (secondary N) is 3. The monoisotopic (exact) mass is 434 g/mol. The predicted molar refractivity (Wildman–Crippen MR) is 120 cm³/mol.